The lowest BCUT2D eigenvalue weighted by Crippen LogP contribution is -2.24. The van der Waals surface area contributed by atoms with Crippen LogP contribution in [0.4, 0.5) is 22.7 Å². The van der Waals surface area contributed by atoms with Gasteiger partial charge in [-0.25, -0.2) is 4.98 Å². The molecule has 3 heterocycles. The van der Waals surface area contributed by atoms with E-state index in [9.17, 15) is 0 Å². The highest BCUT2D eigenvalue weighted by atomic mass is 16.5. The monoisotopic (exact) mass is 760 g/mol. The van der Waals surface area contributed by atoms with Gasteiger partial charge in [0.15, 0.2) is 0 Å². The molecule has 0 fully saturated rings. The van der Waals surface area contributed by atoms with Crippen molar-refractivity contribution in [2.24, 2.45) is 0 Å². The summed E-state index contributed by atoms with van der Waals surface area (Å²) in [7, 11) is 0. The SMILES string of the molecule is Cc1cc(C)c(-c2ccc3c(c2)N(c2cccc(C(C)(C)C)c2)CN3c2cccc(Oc3ccc4c5ccccc5n(-c5cc(C(C)(C)C)ccn5)c4c3)c2)c(C)c1. The van der Waals surface area contributed by atoms with E-state index >= 15 is 0 Å². The van der Waals surface area contributed by atoms with Gasteiger partial charge in [0.1, 0.15) is 24.0 Å². The minimum Gasteiger partial charge on any atom is -0.457 e. The number of hydrogen-bond acceptors (Lipinski definition) is 4. The molecule has 1 aliphatic rings. The van der Waals surface area contributed by atoms with Crippen LogP contribution in [-0.4, -0.2) is 16.2 Å². The second kappa shape index (κ2) is 13.9. The largest absolute Gasteiger partial charge is 0.457 e. The van der Waals surface area contributed by atoms with Crippen molar-refractivity contribution in [3.63, 3.8) is 0 Å². The number of para-hydroxylation sites is 1. The highest BCUT2D eigenvalue weighted by Crippen LogP contribution is 2.48. The standard InChI is InChI=1S/C53H52N4O/c1-34-26-35(2)51(36(3)27-34)37-20-23-47-49(28-37)56(40-15-12-14-38(29-40)52(4,5)6)33-55(47)41-16-13-17-42(31-41)58-43-21-22-45-44-18-10-11-19-46(44)57(48(45)32-43)50-30-39(24-25-54-50)53(7,8)9/h10-32H,33H2,1-9H3. The van der Waals surface area contributed by atoms with Crippen LogP contribution < -0.4 is 14.5 Å². The molecule has 9 rings (SSSR count). The molecular formula is C53H52N4O. The Morgan fingerprint density at radius 2 is 1.19 bits per heavy atom. The molecule has 0 atom stereocenters. The van der Waals surface area contributed by atoms with Crippen molar-refractivity contribution in [3.05, 3.63) is 167 Å². The zero-order chi connectivity index (χ0) is 40.5. The van der Waals surface area contributed by atoms with E-state index < -0.39 is 0 Å². The first-order chi connectivity index (χ1) is 27.7. The van der Waals surface area contributed by atoms with E-state index in [0.29, 0.717) is 6.67 Å². The van der Waals surface area contributed by atoms with Crippen LogP contribution in [0.25, 0.3) is 38.8 Å². The fourth-order valence-electron chi connectivity index (χ4n) is 8.75. The summed E-state index contributed by atoms with van der Waals surface area (Å²) in [5, 5.41) is 2.36. The molecule has 0 saturated heterocycles. The molecular weight excluding hydrogens is 709 g/mol. The third kappa shape index (κ3) is 6.68. The van der Waals surface area contributed by atoms with Gasteiger partial charge in [-0.05, 0) is 132 Å². The highest BCUT2D eigenvalue weighted by molar-refractivity contribution is 6.09. The van der Waals surface area contributed by atoms with Gasteiger partial charge >= 0.3 is 0 Å². The Kier molecular flexibility index (Phi) is 8.96. The number of hydrogen-bond donors (Lipinski definition) is 0. The summed E-state index contributed by atoms with van der Waals surface area (Å²) in [5.74, 6) is 2.46. The quantitative estimate of drug-likeness (QED) is 0.169. The van der Waals surface area contributed by atoms with Crippen molar-refractivity contribution in [1.82, 2.24) is 9.55 Å². The van der Waals surface area contributed by atoms with Crippen molar-refractivity contribution in [2.45, 2.75) is 73.1 Å². The molecule has 1 aliphatic heterocycles. The lowest BCUT2D eigenvalue weighted by Gasteiger charge is -2.25. The summed E-state index contributed by atoms with van der Waals surface area (Å²) < 4.78 is 9.01. The highest BCUT2D eigenvalue weighted by Gasteiger charge is 2.30. The van der Waals surface area contributed by atoms with Gasteiger partial charge in [0.05, 0.1) is 22.4 Å². The zero-order valence-electron chi connectivity index (χ0n) is 35.2. The minimum absolute atomic E-state index is 0.000548. The van der Waals surface area contributed by atoms with Crippen molar-refractivity contribution < 1.29 is 4.74 Å². The molecule has 6 aromatic carbocycles. The van der Waals surface area contributed by atoms with E-state index in [1.807, 2.05) is 12.3 Å². The van der Waals surface area contributed by atoms with E-state index in [0.717, 1.165) is 34.0 Å². The number of benzene rings is 6. The van der Waals surface area contributed by atoms with Gasteiger partial charge in [0.2, 0.25) is 0 Å². The number of pyridine rings is 1. The average Bonchev–Trinajstić information content (AvgIpc) is 3.73. The van der Waals surface area contributed by atoms with Crippen LogP contribution in [0, 0.1) is 20.8 Å². The first-order valence-electron chi connectivity index (χ1n) is 20.4. The maximum Gasteiger partial charge on any atom is 0.137 e. The van der Waals surface area contributed by atoms with E-state index in [1.54, 1.807) is 0 Å². The summed E-state index contributed by atoms with van der Waals surface area (Å²) >= 11 is 0. The Morgan fingerprint density at radius 1 is 0.534 bits per heavy atom. The van der Waals surface area contributed by atoms with Crippen LogP contribution in [-0.2, 0) is 10.8 Å². The Labute approximate surface area is 343 Å². The first kappa shape index (κ1) is 37.3. The van der Waals surface area contributed by atoms with Crippen LogP contribution in [0.1, 0.15) is 69.4 Å². The molecule has 0 saturated carbocycles. The fraction of sp³-hybridized carbons (Fsp3) is 0.226. The molecule has 0 unspecified atom stereocenters. The first-order valence-corrected chi connectivity index (χ1v) is 20.4. The lowest BCUT2D eigenvalue weighted by atomic mass is 9.87. The molecule has 0 aliphatic carbocycles. The van der Waals surface area contributed by atoms with Crippen LogP contribution in [0.3, 0.4) is 0 Å². The molecule has 0 amide bonds. The van der Waals surface area contributed by atoms with Crippen LogP contribution in [0.5, 0.6) is 11.5 Å². The fourth-order valence-corrected chi connectivity index (χ4v) is 8.75. The average molecular weight is 761 g/mol. The molecule has 5 heteroatoms. The summed E-state index contributed by atoms with van der Waals surface area (Å²) in [6.45, 7) is 20.9. The van der Waals surface area contributed by atoms with Crippen molar-refractivity contribution in [2.75, 3.05) is 16.5 Å². The lowest BCUT2D eigenvalue weighted by molar-refractivity contribution is 0.483. The number of aromatic nitrogens is 2. The second-order valence-corrected chi connectivity index (χ2v) is 18.1. The minimum atomic E-state index is 0.000548. The molecule has 5 nitrogen and oxygen atoms in total. The van der Waals surface area contributed by atoms with Gasteiger partial charge in [-0.1, -0.05) is 102 Å². The van der Waals surface area contributed by atoms with Crippen molar-refractivity contribution in [3.8, 4) is 28.4 Å². The number of aryl methyl sites for hydroxylation is 3. The number of anilines is 4. The predicted octanol–water partition coefficient (Wildman–Crippen LogP) is 14.4. The second-order valence-electron chi connectivity index (χ2n) is 18.1. The van der Waals surface area contributed by atoms with Gasteiger partial charge in [-0.3, -0.25) is 4.57 Å². The Hall–Kier alpha value is -6.33. The number of fused-ring (bicyclic) bond motifs is 4. The molecule has 2 aromatic heterocycles. The smallest absolute Gasteiger partial charge is 0.137 e. The molecule has 58 heavy (non-hydrogen) atoms. The third-order valence-electron chi connectivity index (χ3n) is 11.7. The van der Waals surface area contributed by atoms with Gasteiger partial charge in [0.25, 0.3) is 0 Å². The normalized spacial score (nSPS) is 13.1. The number of nitrogens with zero attached hydrogens (tertiary/aromatic N) is 4. The van der Waals surface area contributed by atoms with Gasteiger partial charge in [0, 0.05) is 40.5 Å². The Morgan fingerprint density at radius 3 is 1.95 bits per heavy atom. The summed E-state index contributed by atoms with van der Waals surface area (Å²) in [6, 6.07) is 48.3. The molecule has 0 N–H and O–H groups in total. The van der Waals surface area contributed by atoms with Gasteiger partial charge in [-0.2, -0.15) is 0 Å². The van der Waals surface area contributed by atoms with Gasteiger partial charge < -0.3 is 14.5 Å². The van der Waals surface area contributed by atoms with E-state index in [1.165, 1.54) is 66.8 Å². The maximum absolute atomic E-state index is 6.74. The van der Waals surface area contributed by atoms with Crippen molar-refractivity contribution in [1.29, 1.82) is 0 Å². The Balaban J connectivity index is 1.10. The zero-order valence-corrected chi connectivity index (χ0v) is 35.2. The molecule has 0 spiro atoms. The predicted molar refractivity (Wildman–Crippen MR) is 244 cm³/mol. The van der Waals surface area contributed by atoms with E-state index in [-0.39, 0.29) is 10.8 Å². The summed E-state index contributed by atoms with van der Waals surface area (Å²) in [4.78, 5) is 9.73. The van der Waals surface area contributed by atoms with Crippen LogP contribution >= 0.6 is 0 Å². The molecule has 290 valence electrons. The number of ether oxygens (including phenoxy) is 1. The van der Waals surface area contributed by atoms with E-state index in [4.69, 9.17) is 9.72 Å². The molecule has 0 radical (unpaired) electrons. The third-order valence-corrected chi connectivity index (χ3v) is 11.7. The Bertz CT molecular complexity index is 2850. The van der Waals surface area contributed by atoms with E-state index in [2.05, 4.69) is 204 Å². The van der Waals surface area contributed by atoms with Gasteiger partial charge in [-0.15, -0.1) is 0 Å². The van der Waals surface area contributed by atoms with Crippen LogP contribution in [0.15, 0.2) is 140 Å². The maximum atomic E-state index is 6.74. The summed E-state index contributed by atoms with van der Waals surface area (Å²) in [6.07, 6.45) is 1.92. The number of rotatable bonds is 6. The van der Waals surface area contributed by atoms with Crippen LogP contribution in [0.2, 0.25) is 0 Å². The molecule has 8 aromatic rings. The summed E-state index contributed by atoms with van der Waals surface area (Å²) in [5.41, 5.74) is 15.8. The topological polar surface area (TPSA) is 33.5 Å². The van der Waals surface area contributed by atoms with Crippen molar-refractivity contribution >= 4 is 44.6 Å². The molecule has 0 bridgehead atoms.